The molecule has 2 unspecified atom stereocenters. The highest BCUT2D eigenvalue weighted by Gasteiger charge is 2.54. The van der Waals surface area contributed by atoms with E-state index in [-0.39, 0.29) is 30.3 Å². The molecule has 3 aliphatic rings. The van der Waals surface area contributed by atoms with E-state index in [0.717, 1.165) is 6.07 Å². The topological polar surface area (TPSA) is 99.8 Å². The van der Waals surface area contributed by atoms with Crippen molar-refractivity contribution in [3.8, 4) is 0 Å². The molecule has 1 aliphatic carbocycles. The zero-order valence-electron chi connectivity index (χ0n) is 22.2. The lowest BCUT2D eigenvalue weighted by Gasteiger charge is -2.51. The van der Waals surface area contributed by atoms with Crippen LogP contribution in [0, 0.1) is 5.82 Å². The van der Waals surface area contributed by atoms with E-state index in [1.165, 1.54) is 45.2 Å². The van der Waals surface area contributed by atoms with Crippen LogP contribution in [0.3, 0.4) is 0 Å². The van der Waals surface area contributed by atoms with Gasteiger partial charge in [-0.2, -0.15) is 0 Å². The van der Waals surface area contributed by atoms with Gasteiger partial charge in [-0.3, -0.25) is 24.2 Å². The van der Waals surface area contributed by atoms with Gasteiger partial charge in [-0.1, -0.05) is 30.3 Å². The van der Waals surface area contributed by atoms with Crippen molar-refractivity contribution in [2.24, 2.45) is 0 Å². The zero-order valence-corrected chi connectivity index (χ0v) is 22.2. The van der Waals surface area contributed by atoms with Gasteiger partial charge >= 0.3 is 0 Å². The highest BCUT2D eigenvalue weighted by molar-refractivity contribution is 6.11. The molecule has 2 fully saturated rings. The normalized spacial score (nSPS) is 23.8. The summed E-state index contributed by atoms with van der Waals surface area (Å²) in [7, 11) is 0. The molecule has 212 valence electrons. The third-order valence-corrected chi connectivity index (χ3v) is 8.20. The summed E-state index contributed by atoms with van der Waals surface area (Å²) in [6, 6.07) is 11.8. The summed E-state index contributed by atoms with van der Waals surface area (Å²) in [5.74, 6) is -4.81. The summed E-state index contributed by atoms with van der Waals surface area (Å²) in [5.41, 5.74) is 7.60. The maximum absolute atomic E-state index is 14.6. The Balaban J connectivity index is 1.48. The van der Waals surface area contributed by atoms with Crippen molar-refractivity contribution >= 4 is 34.9 Å². The van der Waals surface area contributed by atoms with Gasteiger partial charge in [-0.25, -0.2) is 18.2 Å². The molecule has 41 heavy (non-hydrogen) atoms. The monoisotopic (exact) mass is 563 g/mol. The van der Waals surface area contributed by atoms with Gasteiger partial charge < -0.3 is 10.6 Å². The first-order chi connectivity index (χ1) is 19.6. The highest BCUT2D eigenvalue weighted by Crippen LogP contribution is 2.48. The van der Waals surface area contributed by atoms with Crippen LogP contribution in [0.4, 0.5) is 30.4 Å². The molecule has 3 aromatic rings. The first-order valence-corrected chi connectivity index (χ1v) is 13.5. The van der Waals surface area contributed by atoms with E-state index in [2.05, 4.69) is 4.98 Å². The number of carbonyl (C=O) groups is 3. The number of halogens is 3. The average Bonchev–Trinajstić information content (AvgIpc) is 3.31. The Bertz CT molecular complexity index is 1540. The molecule has 1 saturated heterocycles. The smallest absolute Gasteiger partial charge is 0.252 e. The predicted molar refractivity (Wildman–Crippen MR) is 145 cm³/mol. The van der Waals surface area contributed by atoms with Crippen LogP contribution < -0.4 is 15.5 Å². The van der Waals surface area contributed by atoms with Crippen molar-refractivity contribution < 1.29 is 27.6 Å². The third-order valence-electron chi connectivity index (χ3n) is 8.20. The van der Waals surface area contributed by atoms with E-state index in [9.17, 15) is 27.6 Å². The van der Waals surface area contributed by atoms with E-state index in [4.69, 9.17) is 5.73 Å². The summed E-state index contributed by atoms with van der Waals surface area (Å²) >= 11 is 0. The van der Waals surface area contributed by atoms with Crippen molar-refractivity contribution in [3.05, 3.63) is 83.8 Å². The SMILES string of the molecule is CC1c2ccccc2C(N(C(=O)[C@@H]2CCC(=O)N2c2cc(N)ccn2)c2cccc(F)c2)C(=O)N1C1CC(F)(F)C1. The lowest BCUT2D eigenvalue weighted by atomic mass is 9.81. The fraction of sp³-hybridized carbons (Fsp3) is 0.333. The summed E-state index contributed by atoms with van der Waals surface area (Å²) in [6.07, 6.45) is 0.670. The molecule has 0 spiro atoms. The van der Waals surface area contributed by atoms with E-state index >= 15 is 0 Å². The van der Waals surface area contributed by atoms with Crippen molar-refractivity contribution in [1.82, 2.24) is 9.88 Å². The number of nitrogens with two attached hydrogens (primary N) is 1. The quantitative estimate of drug-likeness (QED) is 0.482. The van der Waals surface area contributed by atoms with Crippen LogP contribution in [0.1, 0.15) is 55.8 Å². The van der Waals surface area contributed by atoms with Crippen LogP contribution in [0.25, 0.3) is 0 Å². The maximum Gasteiger partial charge on any atom is 0.252 e. The fourth-order valence-corrected chi connectivity index (χ4v) is 6.29. The maximum atomic E-state index is 14.6. The van der Waals surface area contributed by atoms with Crippen molar-refractivity contribution in [1.29, 1.82) is 0 Å². The number of benzene rings is 2. The van der Waals surface area contributed by atoms with Gasteiger partial charge in [-0.15, -0.1) is 0 Å². The first kappa shape index (κ1) is 26.8. The summed E-state index contributed by atoms with van der Waals surface area (Å²) in [6.45, 7) is 1.78. The summed E-state index contributed by atoms with van der Waals surface area (Å²) < 4.78 is 42.5. The Kier molecular flexibility index (Phi) is 6.47. The number of nitrogen functional groups attached to an aromatic ring is 1. The van der Waals surface area contributed by atoms with Gasteiger partial charge in [0.15, 0.2) is 0 Å². The number of carbonyl (C=O) groups excluding carboxylic acids is 3. The molecular weight excluding hydrogens is 535 g/mol. The summed E-state index contributed by atoms with van der Waals surface area (Å²) in [4.78, 5) is 50.0. The lowest BCUT2D eigenvalue weighted by Crippen LogP contribution is -2.60. The van der Waals surface area contributed by atoms with Crippen molar-refractivity contribution in [2.45, 2.75) is 62.7 Å². The van der Waals surface area contributed by atoms with Gasteiger partial charge in [0, 0.05) is 48.9 Å². The molecule has 2 aliphatic heterocycles. The molecule has 3 atom stereocenters. The number of pyridine rings is 1. The molecule has 0 bridgehead atoms. The molecule has 6 rings (SSSR count). The lowest BCUT2D eigenvalue weighted by molar-refractivity contribution is -0.162. The van der Waals surface area contributed by atoms with Crippen LogP contribution in [-0.4, -0.2) is 45.6 Å². The molecule has 0 radical (unpaired) electrons. The Morgan fingerprint density at radius 2 is 1.78 bits per heavy atom. The third kappa shape index (κ3) is 4.58. The van der Waals surface area contributed by atoms with E-state index in [1.54, 1.807) is 37.3 Å². The van der Waals surface area contributed by atoms with Gasteiger partial charge in [-0.05, 0) is 48.7 Å². The molecule has 2 N–H and O–H groups in total. The second-order valence-corrected chi connectivity index (χ2v) is 10.8. The highest BCUT2D eigenvalue weighted by atomic mass is 19.3. The van der Waals surface area contributed by atoms with Crippen molar-refractivity contribution in [3.63, 3.8) is 0 Å². The number of nitrogens with zero attached hydrogens (tertiary/aromatic N) is 4. The number of rotatable bonds is 5. The minimum absolute atomic E-state index is 0.0550. The molecule has 3 amide bonds. The molecule has 1 saturated carbocycles. The minimum Gasteiger partial charge on any atom is -0.399 e. The molecular formula is C30H28F3N5O3. The Morgan fingerprint density at radius 1 is 1.05 bits per heavy atom. The number of hydrogen-bond acceptors (Lipinski definition) is 5. The number of amides is 3. The van der Waals surface area contributed by atoms with E-state index in [0.29, 0.717) is 16.8 Å². The molecule has 3 heterocycles. The van der Waals surface area contributed by atoms with Crippen LogP contribution in [0.5, 0.6) is 0 Å². The molecule has 11 heteroatoms. The van der Waals surface area contributed by atoms with Crippen molar-refractivity contribution in [2.75, 3.05) is 15.5 Å². The average molecular weight is 564 g/mol. The largest absolute Gasteiger partial charge is 0.399 e. The van der Waals surface area contributed by atoms with Gasteiger partial charge in [0.2, 0.25) is 5.91 Å². The Labute approximate surface area is 234 Å². The summed E-state index contributed by atoms with van der Waals surface area (Å²) in [5, 5.41) is 0. The minimum atomic E-state index is -2.87. The fourth-order valence-electron chi connectivity index (χ4n) is 6.29. The standard InChI is InChI=1S/C30H28F3N5O3/c1-17-22-7-2-3-8-23(22)27(29(41)36(17)21-15-30(32,33)16-21)37(20-6-4-5-18(31)13-20)28(40)24-9-10-26(39)38(24)25-14-19(34)11-12-35-25/h2-8,11-14,17,21,24,27H,9-10,15-16H2,1H3,(H2,34,35)/t17?,24-,27?/m0/s1. The number of fused-ring (bicyclic) bond motifs is 1. The van der Waals surface area contributed by atoms with Crippen LogP contribution in [-0.2, 0) is 14.4 Å². The molecule has 8 nitrogen and oxygen atoms in total. The number of aromatic nitrogens is 1. The zero-order chi connectivity index (χ0) is 29.1. The van der Waals surface area contributed by atoms with Gasteiger partial charge in [0.25, 0.3) is 17.7 Å². The molecule has 2 aromatic carbocycles. The van der Waals surface area contributed by atoms with E-state index in [1.807, 2.05) is 0 Å². The Morgan fingerprint density at radius 3 is 2.46 bits per heavy atom. The second kappa shape index (κ2) is 9.90. The number of hydrogen-bond donors (Lipinski definition) is 1. The van der Waals surface area contributed by atoms with E-state index < -0.39 is 60.6 Å². The molecule has 1 aromatic heterocycles. The Hall–Kier alpha value is -4.41. The van der Waals surface area contributed by atoms with Crippen LogP contribution in [0.15, 0.2) is 66.9 Å². The van der Waals surface area contributed by atoms with Gasteiger partial charge in [0.05, 0.1) is 6.04 Å². The van der Waals surface area contributed by atoms with Crippen LogP contribution >= 0.6 is 0 Å². The second-order valence-electron chi connectivity index (χ2n) is 10.8. The predicted octanol–water partition coefficient (Wildman–Crippen LogP) is 4.77. The number of alkyl halides is 2. The number of anilines is 3. The first-order valence-electron chi connectivity index (χ1n) is 13.5. The van der Waals surface area contributed by atoms with Crippen LogP contribution in [0.2, 0.25) is 0 Å². The van der Waals surface area contributed by atoms with Gasteiger partial charge in [0.1, 0.15) is 23.7 Å².